The van der Waals surface area contributed by atoms with Gasteiger partial charge in [0.1, 0.15) is 0 Å². The lowest BCUT2D eigenvalue weighted by molar-refractivity contribution is 2.03. The largest absolute Gasteiger partial charge is 0.144 e. The molecule has 0 amide bonds. The topological polar surface area (TPSA) is 0 Å². The molecule has 0 nitrogen and oxygen atoms in total. The summed E-state index contributed by atoms with van der Waals surface area (Å²) < 4.78 is 5.58. The van der Waals surface area contributed by atoms with Crippen LogP contribution in [0.25, 0.3) is 40.3 Å². The van der Waals surface area contributed by atoms with Crippen molar-refractivity contribution >= 4 is 74.4 Å². The van der Waals surface area contributed by atoms with E-state index in [0.29, 0.717) is 0 Å². The lowest BCUT2D eigenvalue weighted by Crippen LogP contribution is -1.69. The fourth-order valence-corrected chi connectivity index (χ4v) is 5.58. The van der Waals surface area contributed by atoms with E-state index in [4.69, 9.17) is 0 Å². The van der Waals surface area contributed by atoms with Crippen molar-refractivity contribution in [2.75, 3.05) is 0 Å². The summed E-state index contributed by atoms with van der Waals surface area (Å²) >= 11 is 5.57. The Kier molecular flexibility index (Phi) is 1.95. The molecule has 0 N–H and O–H groups in total. The number of fused-ring (bicyclic) bond motifs is 7. The molecule has 19 heavy (non-hydrogen) atoms. The van der Waals surface area contributed by atoms with Gasteiger partial charge >= 0.3 is 0 Å². The minimum Gasteiger partial charge on any atom is -0.144 e. The predicted molar refractivity (Wildman–Crippen MR) is 90.1 cm³/mol. The summed E-state index contributed by atoms with van der Waals surface area (Å²) in [6, 6.07) is 13.6. The van der Waals surface area contributed by atoms with Crippen LogP contribution < -0.4 is 0 Å². The molecule has 5 rings (SSSR count). The summed E-state index contributed by atoms with van der Waals surface area (Å²) in [7, 11) is 0. The first-order chi connectivity index (χ1) is 9.42. The molecular formula is C16H8S3. The van der Waals surface area contributed by atoms with Crippen LogP contribution in [0, 0.1) is 0 Å². The van der Waals surface area contributed by atoms with Gasteiger partial charge in [0.25, 0.3) is 0 Å². The summed E-state index contributed by atoms with van der Waals surface area (Å²) in [5.74, 6) is 0. The number of hydrogen-bond donors (Lipinski definition) is 0. The fraction of sp³-hybridized carbons (Fsp3) is 0. The molecular weight excluding hydrogens is 288 g/mol. The molecule has 2 aromatic carbocycles. The fourth-order valence-electron chi connectivity index (χ4n) is 2.85. The molecule has 0 fully saturated rings. The molecule has 90 valence electrons. The van der Waals surface area contributed by atoms with E-state index >= 15 is 0 Å². The van der Waals surface area contributed by atoms with Crippen LogP contribution in [-0.4, -0.2) is 0 Å². The Morgan fingerprint density at radius 1 is 0.526 bits per heavy atom. The minimum atomic E-state index is 1.39. The highest BCUT2D eigenvalue weighted by atomic mass is 32.1. The van der Waals surface area contributed by atoms with Gasteiger partial charge in [0.15, 0.2) is 0 Å². The molecule has 0 aliphatic carbocycles. The Hall–Kier alpha value is -1.42. The minimum absolute atomic E-state index is 1.39. The average Bonchev–Trinajstić information content (AvgIpc) is 3.13. The van der Waals surface area contributed by atoms with Crippen LogP contribution in [0.4, 0.5) is 0 Å². The van der Waals surface area contributed by atoms with Crippen LogP contribution >= 0.6 is 34.0 Å². The molecule has 3 heteroatoms. The Morgan fingerprint density at radius 2 is 1.00 bits per heavy atom. The van der Waals surface area contributed by atoms with Gasteiger partial charge in [-0.25, -0.2) is 0 Å². The monoisotopic (exact) mass is 296 g/mol. The van der Waals surface area contributed by atoms with Gasteiger partial charge in [-0.1, -0.05) is 0 Å². The van der Waals surface area contributed by atoms with Crippen molar-refractivity contribution in [3.63, 3.8) is 0 Å². The second-order valence-electron chi connectivity index (χ2n) is 4.64. The maximum atomic E-state index is 2.27. The number of benzene rings is 2. The summed E-state index contributed by atoms with van der Waals surface area (Å²) in [5.41, 5.74) is 0. The molecule has 0 bridgehead atoms. The van der Waals surface area contributed by atoms with Crippen molar-refractivity contribution in [1.29, 1.82) is 0 Å². The van der Waals surface area contributed by atoms with Crippen molar-refractivity contribution in [3.8, 4) is 0 Å². The van der Waals surface area contributed by atoms with Crippen molar-refractivity contribution < 1.29 is 0 Å². The molecule has 0 saturated heterocycles. The molecule has 0 aliphatic rings. The molecule has 0 aliphatic heterocycles. The quantitative estimate of drug-likeness (QED) is 0.306. The average molecular weight is 296 g/mol. The Balaban J connectivity index is 2.23. The zero-order chi connectivity index (χ0) is 12.4. The smallest absolute Gasteiger partial charge is 0.0362 e. The molecule has 5 aromatic rings. The van der Waals surface area contributed by atoms with E-state index in [2.05, 4.69) is 47.2 Å². The van der Waals surface area contributed by atoms with E-state index in [1.807, 2.05) is 34.0 Å². The van der Waals surface area contributed by atoms with Gasteiger partial charge in [-0.15, -0.1) is 34.0 Å². The normalized spacial score (nSPS) is 12.2. The second kappa shape index (κ2) is 3.57. The Bertz CT molecular complexity index is 974. The van der Waals surface area contributed by atoms with Crippen LogP contribution in [0.5, 0.6) is 0 Å². The van der Waals surface area contributed by atoms with Crippen LogP contribution in [-0.2, 0) is 0 Å². The summed E-state index contributed by atoms with van der Waals surface area (Å²) in [6.07, 6.45) is 0. The van der Waals surface area contributed by atoms with Crippen molar-refractivity contribution in [1.82, 2.24) is 0 Å². The van der Waals surface area contributed by atoms with E-state index in [1.54, 1.807) is 0 Å². The lowest BCUT2D eigenvalue weighted by atomic mass is 10.1. The molecule has 0 atom stereocenters. The van der Waals surface area contributed by atoms with Crippen molar-refractivity contribution in [2.24, 2.45) is 0 Å². The predicted octanol–water partition coefficient (Wildman–Crippen LogP) is 6.48. The van der Waals surface area contributed by atoms with Crippen molar-refractivity contribution in [2.45, 2.75) is 0 Å². The third-order valence-electron chi connectivity index (χ3n) is 3.66. The highest BCUT2D eigenvalue weighted by Crippen LogP contribution is 2.43. The van der Waals surface area contributed by atoms with Gasteiger partial charge in [0.2, 0.25) is 0 Å². The van der Waals surface area contributed by atoms with Crippen LogP contribution in [0.3, 0.4) is 0 Å². The molecule has 3 heterocycles. The van der Waals surface area contributed by atoms with Gasteiger partial charge in [-0.2, -0.15) is 0 Å². The maximum Gasteiger partial charge on any atom is 0.0362 e. The van der Waals surface area contributed by atoms with Gasteiger partial charge in [0.05, 0.1) is 0 Å². The van der Waals surface area contributed by atoms with Gasteiger partial charge < -0.3 is 0 Å². The molecule has 0 saturated carbocycles. The summed E-state index contributed by atoms with van der Waals surface area (Å²) in [6.45, 7) is 0. The lowest BCUT2D eigenvalue weighted by Gasteiger charge is -1.97. The highest BCUT2D eigenvalue weighted by molar-refractivity contribution is 7.26. The van der Waals surface area contributed by atoms with E-state index < -0.39 is 0 Å². The zero-order valence-electron chi connectivity index (χ0n) is 9.84. The molecule has 0 radical (unpaired) electrons. The Labute approximate surface area is 121 Å². The first kappa shape index (κ1) is 10.4. The van der Waals surface area contributed by atoms with Crippen LogP contribution in [0.1, 0.15) is 0 Å². The molecule has 0 spiro atoms. The standard InChI is InChI=1S/C16H8S3/c1-3-13-15(9-5-7-17-11(1)9)16-10-6-8-18-12(10)2-4-14(16)19-13/h1-8H. The SMILES string of the molecule is c1cc2c(ccc3sc4ccc5sccc5c4c32)s1. The van der Waals surface area contributed by atoms with E-state index in [0.717, 1.165) is 0 Å². The number of thiophene rings is 3. The van der Waals surface area contributed by atoms with E-state index in [9.17, 15) is 0 Å². The molecule has 0 unspecified atom stereocenters. The van der Waals surface area contributed by atoms with E-state index in [-0.39, 0.29) is 0 Å². The summed E-state index contributed by atoms with van der Waals surface area (Å²) in [4.78, 5) is 0. The van der Waals surface area contributed by atoms with Crippen LogP contribution in [0.2, 0.25) is 0 Å². The first-order valence-electron chi connectivity index (χ1n) is 6.10. The first-order valence-corrected chi connectivity index (χ1v) is 8.68. The number of rotatable bonds is 0. The van der Waals surface area contributed by atoms with Crippen LogP contribution in [0.15, 0.2) is 47.2 Å². The van der Waals surface area contributed by atoms with Crippen molar-refractivity contribution in [3.05, 3.63) is 47.2 Å². The molecule has 3 aromatic heterocycles. The van der Waals surface area contributed by atoms with Gasteiger partial charge in [-0.3, -0.25) is 0 Å². The van der Waals surface area contributed by atoms with Gasteiger partial charge in [0, 0.05) is 40.3 Å². The second-order valence-corrected chi connectivity index (χ2v) is 7.62. The maximum absolute atomic E-state index is 2.27. The highest BCUT2D eigenvalue weighted by Gasteiger charge is 2.12. The zero-order valence-corrected chi connectivity index (χ0v) is 12.3. The third-order valence-corrected chi connectivity index (χ3v) is 6.55. The number of hydrogen-bond acceptors (Lipinski definition) is 3. The Morgan fingerprint density at radius 3 is 1.53 bits per heavy atom. The van der Waals surface area contributed by atoms with E-state index in [1.165, 1.54) is 40.3 Å². The van der Waals surface area contributed by atoms with Gasteiger partial charge in [-0.05, 0) is 47.2 Å². The third kappa shape index (κ3) is 1.27. The summed E-state index contributed by atoms with van der Waals surface area (Å²) in [5, 5.41) is 10.1.